The van der Waals surface area contributed by atoms with Gasteiger partial charge >= 0.3 is 0 Å². The van der Waals surface area contributed by atoms with Gasteiger partial charge in [-0.05, 0) is 50.8 Å². The van der Waals surface area contributed by atoms with Crippen molar-refractivity contribution >= 4 is 11.6 Å². The number of fused-ring (bicyclic) bond motifs is 2. The quantitative estimate of drug-likeness (QED) is 0.522. The predicted molar refractivity (Wildman–Crippen MR) is 112 cm³/mol. The standard InChI is InChI=1S/C22H23ClN4O2/c1-26(2)10-3-11-27-13-25-22-20(21(27)24)19(14-4-6-15(23)7-5-14)17-9-8-16(28)12-18(17)29-22/h4-9,12-13,19,24,28H,3,10-11H2,1-2H3. The van der Waals surface area contributed by atoms with Gasteiger partial charge in [-0.3, -0.25) is 5.41 Å². The van der Waals surface area contributed by atoms with Gasteiger partial charge in [0.05, 0.1) is 5.56 Å². The Morgan fingerprint density at radius 3 is 2.69 bits per heavy atom. The molecule has 1 aliphatic heterocycles. The van der Waals surface area contributed by atoms with Crippen LogP contribution in [0, 0.1) is 5.41 Å². The molecular weight excluding hydrogens is 388 g/mol. The first-order valence-electron chi connectivity index (χ1n) is 9.49. The minimum Gasteiger partial charge on any atom is -0.508 e. The number of rotatable bonds is 5. The van der Waals surface area contributed by atoms with Gasteiger partial charge in [-0.2, -0.15) is 0 Å². The summed E-state index contributed by atoms with van der Waals surface area (Å²) in [5.41, 5.74) is 2.98. The molecule has 0 radical (unpaired) electrons. The van der Waals surface area contributed by atoms with Gasteiger partial charge in [-0.15, -0.1) is 0 Å². The monoisotopic (exact) mass is 410 g/mol. The van der Waals surface area contributed by atoms with Gasteiger partial charge < -0.3 is 19.3 Å². The fourth-order valence-corrected chi connectivity index (χ4v) is 3.81. The summed E-state index contributed by atoms with van der Waals surface area (Å²) in [4.78, 5) is 6.62. The summed E-state index contributed by atoms with van der Waals surface area (Å²) >= 11 is 6.10. The molecular formula is C22H23ClN4O2. The Morgan fingerprint density at radius 1 is 1.21 bits per heavy atom. The molecule has 0 bridgehead atoms. The maximum atomic E-state index is 9.91. The van der Waals surface area contributed by atoms with Crippen molar-refractivity contribution in [1.29, 1.82) is 5.41 Å². The number of phenols is 1. The second-order valence-electron chi connectivity index (χ2n) is 7.47. The Kier molecular flexibility index (Phi) is 5.30. The molecule has 150 valence electrons. The van der Waals surface area contributed by atoms with Crippen molar-refractivity contribution in [2.75, 3.05) is 20.6 Å². The van der Waals surface area contributed by atoms with Crippen LogP contribution in [-0.2, 0) is 6.54 Å². The van der Waals surface area contributed by atoms with E-state index in [1.807, 2.05) is 49.0 Å². The van der Waals surface area contributed by atoms with E-state index in [4.69, 9.17) is 21.7 Å². The molecule has 4 rings (SSSR count). The third kappa shape index (κ3) is 3.86. The highest BCUT2D eigenvalue weighted by molar-refractivity contribution is 6.30. The summed E-state index contributed by atoms with van der Waals surface area (Å²) in [5.74, 6) is 0.849. The number of aromatic nitrogens is 2. The molecule has 1 atom stereocenters. The largest absolute Gasteiger partial charge is 0.508 e. The summed E-state index contributed by atoms with van der Waals surface area (Å²) in [5, 5.41) is 19.4. The molecule has 2 heterocycles. The highest BCUT2D eigenvalue weighted by Crippen LogP contribution is 2.46. The second-order valence-corrected chi connectivity index (χ2v) is 7.91. The third-order valence-corrected chi connectivity index (χ3v) is 5.35. The number of benzene rings is 2. The molecule has 0 amide bonds. The third-order valence-electron chi connectivity index (χ3n) is 5.10. The van der Waals surface area contributed by atoms with Crippen LogP contribution in [0.1, 0.15) is 29.0 Å². The minimum atomic E-state index is -0.229. The number of phenolic OH excluding ortho intramolecular Hbond substituents is 1. The highest BCUT2D eigenvalue weighted by Gasteiger charge is 2.32. The maximum absolute atomic E-state index is 9.91. The number of aryl methyl sites for hydroxylation is 1. The molecule has 0 saturated heterocycles. The lowest BCUT2D eigenvalue weighted by Crippen LogP contribution is -2.30. The fraction of sp³-hybridized carbons (Fsp3) is 0.273. The van der Waals surface area contributed by atoms with Gasteiger partial charge in [-0.1, -0.05) is 29.8 Å². The van der Waals surface area contributed by atoms with Crippen LogP contribution in [0.3, 0.4) is 0 Å². The molecule has 2 aromatic carbocycles. The van der Waals surface area contributed by atoms with Gasteiger partial charge in [0, 0.05) is 29.1 Å². The first-order chi connectivity index (χ1) is 13.9. The molecule has 6 nitrogen and oxygen atoms in total. The predicted octanol–water partition coefficient (Wildman–Crippen LogP) is 3.96. The van der Waals surface area contributed by atoms with E-state index in [2.05, 4.69) is 9.88 Å². The zero-order chi connectivity index (χ0) is 20.5. The number of hydrogen-bond acceptors (Lipinski definition) is 5. The lowest BCUT2D eigenvalue weighted by Gasteiger charge is -2.28. The van der Waals surface area contributed by atoms with E-state index in [1.54, 1.807) is 18.5 Å². The van der Waals surface area contributed by atoms with Crippen molar-refractivity contribution in [1.82, 2.24) is 14.5 Å². The van der Waals surface area contributed by atoms with Crippen LogP contribution in [0.5, 0.6) is 17.4 Å². The van der Waals surface area contributed by atoms with Crippen molar-refractivity contribution in [2.24, 2.45) is 0 Å². The summed E-state index contributed by atoms with van der Waals surface area (Å²) in [6, 6.07) is 12.7. The fourth-order valence-electron chi connectivity index (χ4n) is 3.68. The van der Waals surface area contributed by atoms with Crippen LogP contribution >= 0.6 is 11.6 Å². The van der Waals surface area contributed by atoms with Gasteiger partial charge in [-0.25, -0.2) is 4.98 Å². The van der Waals surface area contributed by atoms with E-state index in [1.165, 1.54) is 0 Å². The Hall–Kier alpha value is -2.83. The smallest absolute Gasteiger partial charge is 0.228 e. The van der Waals surface area contributed by atoms with Gasteiger partial charge in [0.2, 0.25) is 5.88 Å². The Morgan fingerprint density at radius 2 is 1.97 bits per heavy atom. The second kappa shape index (κ2) is 7.89. The average molecular weight is 411 g/mol. The zero-order valence-corrected chi connectivity index (χ0v) is 17.1. The number of nitrogens with zero attached hydrogens (tertiary/aromatic N) is 3. The van der Waals surface area contributed by atoms with Crippen LogP contribution in [0.25, 0.3) is 0 Å². The Balaban J connectivity index is 1.83. The van der Waals surface area contributed by atoms with E-state index in [-0.39, 0.29) is 11.7 Å². The topological polar surface area (TPSA) is 74.4 Å². The van der Waals surface area contributed by atoms with Crippen LogP contribution in [0.2, 0.25) is 5.02 Å². The first kappa shape index (κ1) is 19.5. The lowest BCUT2D eigenvalue weighted by atomic mass is 9.84. The molecule has 0 aliphatic carbocycles. The van der Waals surface area contributed by atoms with Crippen molar-refractivity contribution in [3.8, 4) is 17.4 Å². The number of ether oxygens (including phenoxy) is 1. The van der Waals surface area contributed by atoms with Crippen molar-refractivity contribution < 1.29 is 9.84 Å². The summed E-state index contributed by atoms with van der Waals surface area (Å²) in [7, 11) is 4.07. The molecule has 1 aromatic heterocycles. The summed E-state index contributed by atoms with van der Waals surface area (Å²) in [6.45, 7) is 1.63. The number of hydrogen-bond donors (Lipinski definition) is 2. The SMILES string of the molecule is CN(C)CCCn1cnc2c(c1=N)C(c1ccc(Cl)cc1)c1ccc(O)cc1O2. The van der Waals surface area contributed by atoms with Crippen molar-refractivity contribution in [3.05, 3.63) is 76.0 Å². The van der Waals surface area contributed by atoms with Crippen molar-refractivity contribution in [3.63, 3.8) is 0 Å². The summed E-state index contributed by atoms with van der Waals surface area (Å²) in [6.07, 6.45) is 2.57. The Bertz CT molecular complexity index is 1090. The molecule has 1 aliphatic rings. The molecule has 29 heavy (non-hydrogen) atoms. The maximum Gasteiger partial charge on any atom is 0.228 e. The van der Waals surface area contributed by atoms with Crippen molar-refractivity contribution in [2.45, 2.75) is 18.9 Å². The van der Waals surface area contributed by atoms with Gasteiger partial charge in [0.25, 0.3) is 0 Å². The molecule has 1 unspecified atom stereocenters. The number of nitrogens with one attached hydrogen (secondary N) is 1. The molecule has 0 fully saturated rings. The number of aromatic hydroxyl groups is 1. The first-order valence-corrected chi connectivity index (χ1v) is 9.86. The van der Waals surface area contributed by atoms with E-state index in [0.717, 1.165) is 29.7 Å². The molecule has 3 aromatic rings. The van der Waals surface area contributed by atoms with E-state index >= 15 is 0 Å². The van der Waals surface area contributed by atoms with E-state index in [9.17, 15) is 5.11 Å². The molecule has 0 saturated carbocycles. The van der Waals surface area contributed by atoms with Crippen LogP contribution in [0.4, 0.5) is 0 Å². The van der Waals surface area contributed by atoms with Gasteiger partial charge in [0.1, 0.15) is 23.3 Å². The average Bonchev–Trinajstić information content (AvgIpc) is 2.68. The molecule has 2 N–H and O–H groups in total. The minimum absolute atomic E-state index is 0.128. The molecule has 7 heteroatoms. The summed E-state index contributed by atoms with van der Waals surface area (Å²) < 4.78 is 7.83. The lowest BCUT2D eigenvalue weighted by molar-refractivity contribution is 0.378. The Labute approximate surface area is 174 Å². The van der Waals surface area contributed by atoms with E-state index in [0.29, 0.717) is 28.7 Å². The zero-order valence-electron chi connectivity index (χ0n) is 16.4. The van der Waals surface area contributed by atoms with Crippen LogP contribution in [0.15, 0.2) is 48.8 Å². The van der Waals surface area contributed by atoms with Gasteiger partial charge in [0.15, 0.2) is 0 Å². The molecule has 0 spiro atoms. The number of halogens is 1. The van der Waals surface area contributed by atoms with Crippen LogP contribution < -0.4 is 10.2 Å². The van der Waals surface area contributed by atoms with E-state index < -0.39 is 0 Å². The highest BCUT2D eigenvalue weighted by atomic mass is 35.5. The normalized spacial score (nSPS) is 15.0. The van der Waals surface area contributed by atoms with Crippen LogP contribution in [-0.4, -0.2) is 40.2 Å².